The predicted octanol–water partition coefficient (Wildman–Crippen LogP) is 2.30. The van der Waals surface area contributed by atoms with E-state index in [0.717, 1.165) is 33.3 Å². The van der Waals surface area contributed by atoms with E-state index in [1.54, 1.807) is 7.11 Å². The number of ether oxygens (including phenoxy) is 2. The Morgan fingerprint density at radius 3 is 2.62 bits per heavy atom. The van der Waals surface area contributed by atoms with Gasteiger partial charge in [0, 0.05) is 19.3 Å². The number of carbonyl (C=O) groups is 2. The Labute approximate surface area is 144 Å². The summed E-state index contributed by atoms with van der Waals surface area (Å²) in [5, 5.41) is 3.55. The average Bonchev–Trinajstić information content (AvgIpc) is 3.01. The van der Waals surface area contributed by atoms with Crippen molar-refractivity contribution < 1.29 is 19.1 Å². The predicted molar refractivity (Wildman–Crippen MR) is 91.3 cm³/mol. The van der Waals surface area contributed by atoms with Gasteiger partial charge in [-0.15, -0.1) is 11.3 Å². The number of thiazole rings is 1. The molecular weight excluding hydrogens is 328 g/mol. The second kappa shape index (κ2) is 8.95. The summed E-state index contributed by atoms with van der Waals surface area (Å²) < 4.78 is 9.57. The fraction of sp³-hybridized carbons (Fsp3) is 0.235. The van der Waals surface area contributed by atoms with Gasteiger partial charge in [-0.1, -0.05) is 30.3 Å². The first kappa shape index (κ1) is 17.8. The number of aromatic nitrogens is 1. The van der Waals surface area contributed by atoms with E-state index in [-0.39, 0.29) is 12.5 Å². The van der Waals surface area contributed by atoms with Gasteiger partial charge in [0.25, 0.3) is 0 Å². The van der Waals surface area contributed by atoms with Crippen LogP contribution in [0.25, 0.3) is 10.4 Å². The Bertz CT molecular complexity index is 725. The molecule has 0 aliphatic heterocycles. The topological polar surface area (TPSA) is 77.5 Å². The van der Waals surface area contributed by atoms with Crippen molar-refractivity contribution in [1.29, 1.82) is 0 Å². The molecule has 0 saturated carbocycles. The summed E-state index contributed by atoms with van der Waals surface area (Å²) in [6, 6.07) is 9.83. The van der Waals surface area contributed by atoms with Crippen LogP contribution in [0.5, 0.6) is 0 Å². The van der Waals surface area contributed by atoms with Crippen LogP contribution < -0.4 is 5.32 Å². The number of amides is 1. The number of nitrogens with zero attached hydrogens (tertiary/aromatic N) is 1. The van der Waals surface area contributed by atoms with Gasteiger partial charge in [-0.2, -0.15) is 0 Å². The van der Waals surface area contributed by atoms with Crippen molar-refractivity contribution in [2.45, 2.75) is 13.2 Å². The SMILES string of the molecule is COCc1nc(CNC(=O)/C=C/C(=O)OC)c(-c2ccccc2)s1. The lowest BCUT2D eigenvalue weighted by Gasteiger charge is -2.03. The van der Waals surface area contributed by atoms with Gasteiger partial charge in [-0.05, 0) is 5.56 Å². The van der Waals surface area contributed by atoms with Crippen molar-refractivity contribution in [2.24, 2.45) is 0 Å². The highest BCUT2D eigenvalue weighted by Gasteiger charge is 2.13. The molecule has 2 rings (SSSR count). The summed E-state index contributed by atoms with van der Waals surface area (Å²) in [5.41, 5.74) is 1.80. The zero-order chi connectivity index (χ0) is 17.4. The molecular formula is C17H18N2O4S. The molecule has 126 valence electrons. The minimum Gasteiger partial charge on any atom is -0.466 e. The zero-order valence-corrected chi connectivity index (χ0v) is 14.3. The Morgan fingerprint density at radius 1 is 1.21 bits per heavy atom. The molecule has 0 unspecified atom stereocenters. The summed E-state index contributed by atoms with van der Waals surface area (Å²) in [4.78, 5) is 28.3. The van der Waals surface area contributed by atoms with Gasteiger partial charge in [0.2, 0.25) is 5.91 Å². The van der Waals surface area contributed by atoms with E-state index < -0.39 is 5.97 Å². The van der Waals surface area contributed by atoms with Crippen LogP contribution in [0.1, 0.15) is 10.7 Å². The molecule has 0 aliphatic carbocycles. The van der Waals surface area contributed by atoms with Crippen LogP contribution in [-0.4, -0.2) is 31.1 Å². The summed E-state index contributed by atoms with van der Waals surface area (Å²) in [7, 11) is 2.87. The van der Waals surface area contributed by atoms with E-state index in [0.29, 0.717) is 6.61 Å². The smallest absolute Gasteiger partial charge is 0.330 e. The second-order valence-corrected chi connectivity index (χ2v) is 5.84. The maximum atomic E-state index is 11.8. The van der Waals surface area contributed by atoms with Crippen LogP contribution in [-0.2, 0) is 32.2 Å². The first-order valence-electron chi connectivity index (χ1n) is 7.21. The normalized spacial score (nSPS) is 10.8. The van der Waals surface area contributed by atoms with Gasteiger partial charge in [0.1, 0.15) is 5.01 Å². The Kier molecular flexibility index (Phi) is 6.65. The minimum absolute atomic E-state index is 0.259. The van der Waals surface area contributed by atoms with E-state index >= 15 is 0 Å². The number of carbonyl (C=O) groups excluding carboxylic acids is 2. The quantitative estimate of drug-likeness (QED) is 0.615. The Morgan fingerprint density at radius 2 is 1.96 bits per heavy atom. The number of rotatable bonds is 7. The van der Waals surface area contributed by atoms with Crippen molar-refractivity contribution in [3.63, 3.8) is 0 Å². The molecule has 0 spiro atoms. The molecule has 0 saturated heterocycles. The Hall–Kier alpha value is -2.51. The molecule has 0 radical (unpaired) electrons. The van der Waals surface area contributed by atoms with E-state index in [9.17, 15) is 9.59 Å². The van der Waals surface area contributed by atoms with Crippen LogP contribution in [0, 0.1) is 0 Å². The maximum absolute atomic E-state index is 11.8. The monoisotopic (exact) mass is 346 g/mol. The third kappa shape index (κ3) is 5.00. The van der Waals surface area contributed by atoms with Crippen LogP contribution in [0.2, 0.25) is 0 Å². The lowest BCUT2D eigenvalue weighted by atomic mass is 10.1. The third-order valence-corrected chi connectivity index (χ3v) is 4.17. The Balaban J connectivity index is 2.12. The molecule has 6 nitrogen and oxygen atoms in total. The van der Waals surface area contributed by atoms with Gasteiger partial charge in [0.15, 0.2) is 0 Å². The highest BCUT2D eigenvalue weighted by atomic mass is 32.1. The highest BCUT2D eigenvalue weighted by Crippen LogP contribution is 2.30. The largest absolute Gasteiger partial charge is 0.466 e. The molecule has 1 amide bonds. The number of benzene rings is 1. The molecule has 7 heteroatoms. The van der Waals surface area contributed by atoms with Crippen LogP contribution in [0.3, 0.4) is 0 Å². The van der Waals surface area contributed by atoms with Crippen molar-refractivity contribution in [2.75, 3.05) is 14.2 Å². The number of hydrogen-bond acceptors (Lipinski definition) is 6. The van der Waals surface area contributed by atoms with Gasteiger partial charge >= 0.3 is 5.97 Å². The first-order chi connectivity index (χ1) is 11.6. The van der Waals surface area contributed by atoms with E-state index in [1.165, 1.54) is 18.4 Å². The molecule has 1 heterocycles. The fourth-order valence-electron chi connectivity index (χ4n) is 1.96. The molecule has 1 N–H and O–H groups in total. The first-order valence-corrected chi connectivity index (χ1v) is 8.02. The molecule has 0 fully saturated rings. The van der Waals surface area contributed by atoms with Crippen molar-refractivity contribution >= 4 is 23.2 Å². The second-order valence-electron chi connectivity index (χ2n) is 4.76. The highest BCUT2D eigenvalue weighted by molar-refractivity contribution is 7.15. The van der Waals surface area contributed by atoms with Crippen LogP contribution in [0.4, 0.5) is 0 Å². The fourth-order valence-corrected chi connectivity index (χ4v) is 3.02. The number of hydrogen-bond donors (Lipinski definition) is 1. The molecule has 24 heavy (non-hydrogen) atoms. The molecule has 1 aromatic heterocycles. The lowest BCUT2D eigenvalue weighted by Crippen LogP contribution is -2.21. The molecule has 0 atom stereocenters. The van der Waals surface area contributed by atoms with Gasteiger partial charge in [0.05, 0.1) is 30.8 Å². The number of nitrogens with one attached hydrogen (secondary N) is 1. The van der Waals surface area contributed by atoms with Crippen LogP contribution >= 0.6 is 11.3 Å². The van der Waals surface area contributed by atoms with Crippen molar-refractivity contribution in [3.8, 4) is 10.4 Å². The number of esters is 1. The molecule has 2 aromatic rings. The summed E-state index contributed by atoms with van der Waals surface area (Å²) in [6.45, 7) is 0.676. The summed E-state index contributed by atoms with van der Waals surface area (Å²) in [6.07, 6.45) is 2.21. The maximum Gasteiger partial charge on any atom is 0.330 e. The van der Waals surface area contributed by atoms with Gasteiger partial charge in [-0.25, -0.2) is 9.78 Å². The van der Waals surface area contributed by atoms with Crippen molar-refractivity contribution in [1.82, 2.24) is 10.3 Å². The average molecular weight is 346 g/mol. The molecule has 0 aliphatic rings. The summed E-state index contributed by atoms with van der Waals surface area (Å²) in [5.74, 6) is -0.966. The van der Waals surface area contributed by atoms with Gasteiger partial charge < -0.3 is 14.8 Å². The van der Waals surface area contributed by atoms with E-state index in [2.05, 4.69) is 15.0 Å². The zero-order valence-electron chi connectivity index (χ0n) is 13.4. The lowest BCUT2D eigenvalue weighted by molar-refractivity contribution is -0.135. The summed E-state index contributed by atoms with van der Waals surface area (Å²) >= 11 is 1.53. The van der Waals surface area contributed by atoms with E-state index in [4.69, 9.17) is 4.74 Å². The molecule has 0 bridgehead atoms. The van der Waals surface area contributed by atoms with Crippen LogP contribution in [0.15, 0.2) is 42.5 Å². The minimum atomic E-state index is -0.578. The molecule has 1 aromatic carbocycles. The number of methoxy groups -OCH3 is 2. The van der Waals surface area contributed by atoms with Crippen molar-refractivity contribution in [3.05, 3.63) is 53.2 Å². The third-order valence-electron chi connectivity index (χ3n) is 3.05. The van der Waals surface area contributed by atoms with E-state index in [1.807, 2.05) is 30.3 Å². The standard InChI is InChI=1S/C17H18N2O4S/c1-22-11-15-19-13(10-18-14(20)8-9-16(21)23-2)17(24-15)12-6-4-3-5-7-12/h3-9H,10-11H2,1-2H3,(H,18,20)/b9-8+. The van der Waals surface area contributed by atoms with Gasteiger partial charge in [-0.3, -0.25) is 4.79 Å².